The van der Waals surface area contributed by atoms with Crippen molar-refractivity contribution in [3.8, 4) is 0 Å². The molecule has 4 rings (SSSR count). The molecule has 0 N–H and O–H groups in total. The predicted octanol–water partition coefficient (Wildman–Crippen LogP) is 5.68. The van der Waals surface area contributed by atoms with Gasteiger partial charge in [0, 0.05) is 32.0 Å². The van der Waals surface area contributed by atoms with Crippen LogP contribution in [0.1, 0.15) is 34.4 Å². The fraction of sp³-hybridized carbons (Fsp3) is 0.300. The number of aryl methyl sites for hydroxylation is 2. The van der Waals surface area contributed by atoms with Gasteiger partial charge in [-0.15, -0.1) is 11.8 Å². The molecule has 198 valence electrons. The van der Waals surface area contributed by atoms with E-state index in [1.54, 1.807) is 11.9 Å². The number of hydrogen-bond donors (Lipinski definition) is 0. The number of thioether (sulfide) groups is 1. The average molecular weight is 533 g/mol. The average Bonchev–Trinajstić information content (AvgIpc) is 3.01. The Labute approximate surface area is 227 Å². The van der Waals surface area contributed by atoms with E-state index in [9.17, 15) is 14.4 Å². The molecule has 2 amide bonds. The highest BCUT2D eigenvalue weighted by atomic mass is 32.2. The van der Waals surface area contributed by atoms with Crippen LogP contribution < -0.4 is 4.90 Å². The number of rotatable bonds is 7. The first-order chi connectivity index (χ1) is 18.2. The van der Waals surface area contributed by atoms with E-state index in [-0.39, 0.29) is 25.6 Å². The van der Waals surface area contributed by atoms with Gasteiger partial charge in [0.15, 0.2) is 6.10 Å². The second-order valence-corrected chi connectivity index (χ2v) is 10.6. The summed E-state index contributed by atoms with van der Waals surface area (Å²) in [6.07, 6.45) is -1.51. The largest absolute Gasteiger partial charge is 0.451 e. The van der Waals surface area contributed by atoms with Crippen molar-refractivity contribution in [2.45, 2.75) is 43.6 Å². The van der Waals surface area contributed by atoms with Gasteiger partial charge in [-0.25, -0.2) is 4.79 Å². The molecule has 3 aromatic rings. The highest BCUT2D eigenvalue weighted by molar-refractivity contribution is 7.99. The first-order valence-electron chi connectivity index (χ1n) is 12.5. The van der Waals surface area contributed by atoms with Crippen LogP contribution in [0.4, 0.5) is 10.5 Å². The van der Waals surface area contributed by atoms with Crippen molar-refractivity contribution in [1.82, 2.24) is 4.90 Å². The van der Waals surface area contributed by atoms with Crippen LogP contribution in [-0.2, 0) is 25.7 Å². The second-order valence-electron chi connectivity index (χ2n) is 9.40. The molecular weight excluding hydrogens is 500 g/mol. The monoisotopic (exact) mass is 532 g/mol. The third-order valence-electron chi connectivity index (χ3n) is 6.32. The Hall–Kier alpha value is -3.78. The lowest BCUT2D eigenvalue weighted by Crippen LogP contribution is -2.46. The van der Waals surface area contributed by atoms with Gasteiger partial charge in [0.25, 0.3) is 5.91 Å². The van der Waals surface area contributed by atoms with Gasteiger partial charge in [-0.2, -0.15) is 0 Å². The number of nitrogens with zero attached hydrogens (tertiary/aromatic N) is 2. The first-order valence-corrected chi connectivity index (χ1v) is 13.3. The number of fused-ring (bicyclic) bond motifs is 1. The van der Waals surface area contributed by atoms with E-state index in [1.165, 1.54) is 23.6 Å². The van der Waals surface area contributed by atoms with Crippen LogP contribution in [0.15, 0.2) is 77.7 Å². The number of ether oxygens (including phenoxy) is 2. The van der Waals surface area contributed by atoms with E-state index in [0.29, 0.717) is 0 Å². The molecule has 0 spiro atoms. The Balaban J connectivity index is 1.58. The minimum atomic E-state index is -1.02. The summed E-state index contributed by atoms with van der Waals surface area (Å²) in [6, 6.07) is 23.3. The molecule has 0 saturated heterocycles. The second kappa shape index (κ2) is 12.2. The molecule has 38 heavy (non-hydrogen) atoms. The summed E-state index contributed by atoms with van der Waals surface area (Å²) in [5.41, 5.74) is 4.67. The number of amides is 2. The van der Waals surface area contributed by atoms with Crippen LogP contribution in [0.2, 0.25) is 0 Å². The van der Waals surface area contributed by atoms with Crippen LogP contribution in [-0.4, -0.2) is 49.1 Å². The lowest BCUT2D eigenvalue weighted by molar-refractivity contribution is -0.152. The fourth-order valence-corrected chi connectivity index (χ4v) is 5.65. The van der Waals surface area contributed by atoms with E-state index in [1.807, 2.05) is 86.6 Å². The molecule has 0 bridgehead atoms. The normalized spacial score (nSPS) is 16.8. The van der Waals surface area contributed by atoms with E-state index < -0.39 is 23.4 Å². The summed E-state index contributed by atoms with van der Waals surface area (Å²) in [4.78, 5) is 42.7. The third kappa shape index (κ3) is 6.55. The van der Waals surface area contributed by atoms with Crippen molar-refractivity contribution in [2.75, 3.05) is 25.0 Å². The summed E-state index contributed by atoms with van der Waals surface area (Å²) < 4.78 is 11.1. The van der Waals surface area contributed by atoms with Gasteiger partial charge in [0.2, 0.25) is 0 Å². The fourth-order valence-electron chi connectivity index (χ4n) is 4.23. The summed E-state index contributed by atoms with van der Waals surface area (Å²) in [6.45, 7) is 5.93. The SMILES string of the molecule is CC(=O)OC1C(=O)N(CCN(C)C(=O)OCc2ccccc2)c2ccc(C)cc2SC1c1ccc(C)cc1. The molecular formula is C30H32N2O5S. The Morgan fingerprint density at radius 2 is 1.66 bits per heavy atom. The van der Waals surface area contributed by atoms with Crippen molar-refractivity contribution in [2.24, 2.45) is 0 Å². The minimum Gasteiger partial charge on any atom is -0.451 e. The maximum atomic E-state index is 14.0. The van der Waals surface area contributed by atoms with Crippen molar-refractivity contribution in [3.05, 3.63) is 95.1 Å². The molecule has 1 aliphatic heterocycles. The Bertz CT molecular complexity index is 1300. The molecule has 1 heterocycles. The van der Waals surface area contributed by atoms with Crippen molar-refractivity contribution in [3.63, 3.8) is 0 Å². The number of esters is 1. The van der Waals surface area contributed by atoms with E-state index in [4.69, 9.17) is 9.47 Å². The smallest absolute Gasteiger partial charge is 0.409 e. The number of likely N-dealkylation sites (N-methyl/N-ethyl adjacent to an activating group) is 1. The molecule has 8 heteroatoms. The minimum absolute atomic E-state index is 0.165. The summed E-state index contributed by atoms with van der Waals surface area (Å²) >= 11 is 1.51. The number of carbonyl (C=O) groups is 3. The topological polar surface area (TPSA) is 76.2 Å². The molecule has 0 radical (unpaired) electrons. The van der Waals surface area contributed by atoms with Crippen LogP contribution in [0.5, 0.6) is 0 Å². The van der Waals surface area contributed by atoms with Crippen molar-refractivity contribution >= 4 is 35.4 Å². The zero-order valence-electron chi connectivity index (χ0n) is 22.0. The summed E-state index contributed by atoms with van der Waals surface area (Å²) in [7, 11) is 1.64. The van der Waals surface area contributed by atoms with Gasteiger partial charge in [-0.05, 0) is 42.7 Å². The zero-order valence-corrected chi connectivity index (χ0v) is 22.9. The third-order valence-corrected chi connectivity index (χ3v) is 7.67. The van der Waals surface area contributed by atoms with E-state index >= 15 is 0 Å². The van der Waals surface area contributed by atoms with Crippen LogP contribution in [0.3, 0.4) is 0 Å². The summed E-state index contributed by atoms with van der Waals surface area (Å²) in [5, 5.41) is -0.425. The highest BCUT2D eigenvalue weighted by Crippen LogP contribution is 2.47. The molecule has 0 aromatic heterocycles. The highest BCUT2D eigenvalue weighted by Gasteiger charge is 2.41. The number of carbonyl (C=O) groups excluding carboxylic acids is 3. The van der Waals surface area contributed by atoms with Gasteiger partial charge in [-0.1, -0.05) is 66.2 Å². The van der Waals surface area contributed by atoms with E-state index in [0.717, 1.165) is 32.8 Å². The molecule has 2 atom stereocenters. The summed E-state index contributed by atoms with van der Waals surface area (Å²) in [5.74, 6) is -0.850. The van der Waals surface area contributed by atoms with Gasteiger partial charge >= 0.3 is 12.1 Å². The van der Waals surface area contributed by atoms with E-state index in [2.05, 4.69) is 0 Å². The maximum Gasteiger partial charge on any atom is 0.409 e. The van der Waals surface area contributed by atoms with Crippen LogP contribution in [0.25, 0.3) is 0 Å². The predicted molar refractivity (Wildman–Crippen MR) is 148 cm³/mol. The van der Waals surface area contributed by atoms with Gasteiger partial charge in [-0.3, -0.25) is 9.59 Å². The molecule has 0 fully saturated rings. The number of hydrogen-bond acceptors (Lipinski definition) is 6. The molecule has 2 unspecified atom stereocenters. The lowest BCUT2D eigenvalue weighted by atomic mass is 10.0. The van der Waals surface area contributed by atoms with Gasteiger partial charge < -0.3 is 19.3 Å². The van der Waals surface area contributed by atoms with Crippen LogP contribution in [0, 0.1) is 13.8 Å². The quantitative estimate of drug-likeness (QED) is 0.364. The molecule has 1 aliphatic rings. The Morgan fingerprint density at radius 3 is 2.34 bits per heavy atom. The maximum absolute atomic E-state index is 14.0. The Morgan fingerprint density at radius 1 is 0.974 bits per heavy atom. The number of benzene rings is 3. The Kier molecular flexibility index (Phi) is 8.73. The molecule has 3 aromatic carbocycles. The molecule has 0 aliphatic carbocycles. The van der Waals surface area contributed by atoms with Crippen LogP contribution >= 0.6 is 11.8 Å². The van der Waals surface area contributed by atoms with Gasteiger partial charge in [0.1, 0.15) is 6.61 Å². The molecule has 7 nitrogen and oxygen atoms in total. The number of anilines is 1. The van der Waals surface area contributed by atoms with Crippen molar-refractivity contribution in [1.29, 1.82) is 0 Å². The first kappa shape index (κ1) is 27.3. The van der Waals surface area contributed by atoms with Gasteiger partial charge in [0.05, 0.1) is 10.9 Å². The lowest BCUT2D eigenvalue weighted by Gasteiger charge is -2.29. The molecule has 0 saturated carbocycles. The van der Waals surface area contributed by atoms with Crippen molar-refractivity contribution < 1.29 is 23.9 Å². The standard InChI is InChI=1S/C30H32N2O5S/c1-20-10-13-24(14-11-20)28-27(37-22(3)33)29(34)32(25-15-12-21(2)18-26(25)38-28)17-16-31(4)30(35)36-19-23-8-6-5-7-9-23/h5-15,18,27-28H,16-17,19H2,1-4H3. The zero-order chi connectivity index (χ0) is 27.2.